The van der Waals surface area contributed by atoms with E-state index in [0.717, 1.165) is 4.47 Å². The van der Waals surface area contributed by atoms with E-state index in [2.05, 4.69) is 20.9 Å². The third kappa shape index (κ3) is 4.34. The van der Waals surface area contributed by atoms with E-state index in [0.29, 0.717) is 9.13 Å². The van der Waals surface area contributed by atoms with E-state index >= 15 is 0 Å². The highest BCUT2D eigenvalue weighted by molar-refractivity contribution is 14.1. The number of halogens is 3. The summed E-state index contributed by atoms with van der Waals surface area (Å²) in [4.78, 5) is 15.9. The van der Waals surface area contributed by atoms with Crippen LogP contribution in [0.25, 0.3) is 0 Å². The Morgan fingerprint density at radius 1 is 1.38 bits per heavy atom. The molecule has 0 heterocycles. The van der Waals surface area contributed by atoms with Crippen molar-refractivity contribution in [3.05, 3.63) is 61.4 Å². The average Bonchev–Trinajstić information content (AvgIpc) is 2.43. The van der Waals surface area contributed by atoms with Crippen LogP contribution in [-0.4, -0.2) is 23.6 Å². The smallest absolute Gasteiger partial charge is 0.184 e. The summed E-state index contributed by atoms with van der Waals surface area (Å²) in [7, 11) is 0. The molecule has 0 saturated heterocycles. The largest absolute Gasteiger partial charge is 0.506 e. The van der Waals surface area contributed by atoms with Crippen LogP contribution < -0.4 is 0 Å². The van der Waals surface area contributed by atoms with E-state index in [1.807, 2.05) is 22.6 Å². The third-order valence-corrected chi connectivity index (χ3v) is 3.95. The molecule has 0 amide bonds. The van der Waals surface area contributed by atoms with Gasteiger partial charge in [0, 0.05) is 21.8 Å². The summed E-state index contributed by atoms with van der Waals surface area (Å²) in [5.74, 6) is -0.625. The number of aliphatic imine (C=N–C) groups is 1. The van der Waals surface area contributed by atoms with Crippen LogP contribution in [0.1, 0.15) is 15.9 Å². The van der Waals surface area contributed by atoms with Gasteiger partial charge in [0.1, 0.15) is 18.1 Å². The topological polar surface area (TPSA) is 49.7 Å². The Morgan fingerprint density at radius 3 is 2.86 bits per heavy atom. The Hall–Kier alpha value is -1.28. The minimum absolute atomic E-state index is 0.105. The number of Topliss-reactive ketones (excluding diaryl/α,β-unsaturated/α-hetero) is 1. The molecule has 0 fully saturated rings. The highest BCUT2D eigenvalue weighted by atomic mass is 127. The molecule has 0 bridgehead atoms. The van der Waals surface area contributed by atoms with Crippen LogP contribution >= 0.6 is 38.5 Å². The van der Waals surface area contributed by atoms with Crippen molar-refractivity contribution < 1.29 is 14.3 Å². The second-order valence-corrected chi connectivity index (χ2v) is 6.31. The summed E-state index contributed by atoms with van der Waals surface area (Å²) < 4.78 is 14.5. The molecule has 0 spiro atoms. The molecule has 3 nitrogen and oxygen atoms in total. The van der Waals surface area contributed by atoms with Gasteiger partial charge in [0.2, 0.25) is 0 Å². The first-order valence-electron chi connectivity index (χ1n) is 5.94. The van der Waals surface area contributed by atoms with Crippen molar-refractivity contribution in [1.29, 1.82) is 0 Å². The van der Waals surface area contributed by atoms with Crippen LogP contribution in [-0.2, 0) is 0 Å². The Labute approximate surface area is 143 Å². The number of carbonyl (C=O) groups excluding carboxylic acids is 1. The molecule has 0 aliphatic heterocycles. The number of rotatable bonds is 4. The van der Waals surface area contributed by atoms with Gasteiger partial charge in [-0.05, 0) is 46.9 Å². The van der Waals surface area contributed by atoms with E-state index in [1.165, 1.54) is 24.4 Å². The van der Waals surface area contributed by atoms with Crippen molar-refractivity contribution in [1.82, 2.24) is 0 Å². The summed E-state index contributed by atoms with van der Waals surface area (Å²) in [6.45, 7) is -0.105. The lowest BCUT2D eigenvalue weighted by Gasteiger charge is -2.03. The summed E-state index contributed by atoms with van der Waals surface area (Å²) >= 11 is 5.33. The maximum absolute atomic E-state index is 13.0. The fourth-order valence-electron chi connectivity index (χ4n) is 1.66. The van der Waals surface area contributed by atoms with Gasteiger partial charge in [-0.2, -0.15) is 0 Å². The molecule has 0 saturated carbocycles. The predicted molar refractivity (Wildman–Crippen MR) is 91.7 cm³/mol. The molecule has 6 heteroatoms. The molecule has 0 aliphatic rings. The molecule has 2 rings (SSSR count). The lowest BCUT2D eigenvalue weighted by molar-refractivity contribution is 0.100. The van der Waals surface area contributed by atoms with Gasteiger partial charge in [0.25, 0.3) is 0 Å². The number of hydrogen-bond donors (Lipinski definition) is 1. The predicted octanol–water partition coefficient (Wildman–Crippen LogP) is 4.20. The van der Waals surface area contributed by atoms with E-state index in [-0.39, 0.29) is 23.6 Å². The third-order valence-electron chi connectivity index (χ3n) is 2.67. The fourth-order valence-corrected chi connectivity index (χ4v) is 3.21. The van der Waals surface area contributed by atoms with Crippen LogP contribution in [0.5, 0.6) is 5.75 Å². The maximum atomic E-state index is 13.0. The molecule has 21 heavy (non-hydrogen) atoms. The molecule has 2 aromatic carbocycles. The molecular formula is C15H10BrFINO2. The van der Waals surface area contributed by atoms with Crippen molar-refractivity contribution in [2.75, 3.05) is 6.54 Å². The zero-order valence-electron chi connectivity index (χ0n) is 10.7. The standard InChI is InChI=1S/C15H10BrFINO2/c16-11-4-10(15(21)13(18)6-11)7-19-8-14(20)9-2-1-3-12(17)5-9/h1-7,21H,8H2. The number of phenolic OH excluding ortho intramolecular Hbond substituents is 1. The normalized spacial score (nSPS) is 11.0. The van der Waals surface area contributed by atoms with Crippen LogP contribution in [0.3, 0.4) is 0 Å². The second-order valence-electron chi connectivity index (χ2n) is 4.23. The van der Waals surface area contributed by atoms with Gasteiger partial charge in [0.05, 0.1) is 3.57 Å². The zero-order chi connectivity index (χ0) is 15.4. The van der Waals surface area contributed by atoms with Crippen molar-refractivity contribution in [2.45, 2.75) is 0 Å². The van der Waals surface area contributed by atoms with Crippen LogP contribution in [0, 0.1) is 9.39 Å². The molecular weight excluding hydrogens is 452 g/mol. The van der Waals surface area contributed by atoms with Gasteiger partial charge < -0.3 is 5.11 Å². The molecule has 108 valence electrons. The Bertz CT molecular complexity index is 719. The van der Waals surface area contributed by atoms with Crippen molar-refractivity contribution >= 4 is 50.5 Å². The Morgan fingerprint density at radius 2 is 2.14 bits per heavy atom. The van der Waals surface area contributed by atoms with Crippen molar-refractivity contribution in [3.8, 4) is 5.75 Å². The first kappa shape index (κ1) is 16.1. The van der Waals surface area contributed by atoms with Crippen LogP contribution in [0.2, 0.25) is 0 Å². The molecule has 0 atom stereocenters. The highest BCUT2D eigenvalue weighted by Crippen LogP contribution is 2.27. The number of aromatic hydroxyl groups is 1. The monoisotopic (exact) mass is 461 g/mol. The SMILES string of the molecule is O=C(CN=Cc1cc(Br)cc(I)c1O)c1cccc(F)c1. The average molecular weight is 462 g/mol. The highest BCUT2D eigenvalue weighted by Gasteiger charge is 2.07. The molecule has 0 unspecified atom stereocenters. The van der Waals surface area contributed by atoms with Gasteiger partial charge in [0.15, 0.2) is 5.78 Å². The Balaban J connectivity index is 2.11. The molecule has 1 N–H and O–H groups in total. The number of carbonyl (C=O) groups is 1. The van der Waals surface area contributed by atoms with Gasteiger partial charge in [-0.3, -0.25) is 9.79 Å². The summed E-state index contributed by atoms with van der Waals surface area (Å²) in [5.41, 5.74) is 0.793. The lowest BCUT2D eigenvalue weighted by atomic mass is 10.1. The summed E-state index contributed by atoms with van der Waals surface area (Å²) in [5, 5.41) is 9.89. The van der Waals surface area contributed by atoms with E-state index in [1.54, 1.807) is 18.2 Å². The van der Waals surface area contributed by atoms with Crippen LogP contribution in [0.15, 0.2) is 45.9 Å². The number of nitrogens with zero attached hydrogens (tertiary/aromatic N) is 1. The minimum Gasteiger partial charge on any atom is -0.506 e. The molecule has 2 aromatic rings. The molecule has 0 aromatic heterocycles. The number of ketones is 1. The molecule has 0 aliphatic carbocycles. The number of benzene rings is 2. The number of hydrogen-bond acceptors (Lipinski definition) is 3. The van der Waals surface area contributed by atoms with Gasteiger partial charge in [-0.15, -0.1) is 0 Å². The second kappa shape index (κ2) is 7.13. The maximum Gasteiger partial charge on any atom is 0.184 e. The van der Waals surface area contributed by atoms with Gasteiger partial charge >= 0.3 is 0 Å². The minimum atomic E-state index is -0.455. The zero-order valence-corrected chi connectivity index (χ0v) is 14.4. The van der Waals surface area contributed by atoms with Gasteiger partial charge in [-0.25, -0.2) is 4.39 Å². The Kier molecular flexibility index (Phi) is 5.46. The van der Waals surface area contributed by atoms with Gasteiger partial charge in [-0.1, -0.05) is 28.1 Å². The summed E-state index contributed by atoms with van der Waals surface area (Å²) in [6, 6.07) is 8.95. The van der Waals surface area contributed by atoms with Crippen LogP contribution in [0.4, 0.5) is 4.39 Å². The molecule has 0 radical (unpaired) electrons. The quantitative estimate of drug-likeness (QED) is 0.421. The summed E-state index contributed by atoms with van der Waals surface area (Å²) in [6.07, 6.45) is 1.43. The van der Waals surface area contributed by atoms with Crippen molar-refractivity contribution in [2.24, 2.45) is 4.99 Å². The fraction of sp³-hybridized carbons (Fsp3) is 0.0667. The lowest BCUT2D eigenvalue weighted by Crippen LogP contribution is -2.04. The first-order valence-corrected chi connectivity index (χ1v) is 7.81. The number of phenols is 1. The van der Waals surface area contributed by atoms with E-state index < -0.39 is 5.82 Å². The van der Waals surface area contributed by atoms with E-state index in [9.17, 15) is 14.3 Å². The first-order chi connectivity index (χ1) is 9.97. The van der Waals surface area contributed by atoms with E-state index in [4.69, 9.17) is 0 Å². The van der Waals surface area contributed by atoms with Crippen molar-refractivity contribution in [3.63, 3.8) is 0 Å².